The predicted molar refractivity (Wildman–Crippen MR) is 70.6 cm³/mol. The highest BCUT2D eigenvalue weighted by Gasteiger charge is 2.05. The molecular weight excluding hydrogens is 274 g/mol. The SMILES string of the molecule is CSCCNCc1cc(C)cc(Br)c1O. The molecule has 4 heteroatoms. The van der Waals surface area contributed by atoms with Crippen LogP contribution in [0.15, 0.2) is 16.6 Å². The van der Waals surface area contributed by atoms with Gasteiger partial charge in [-0.2, -0.15) is 11.8 Å². The molecule has 0 aliphatic carbocycles. The van der Waals surface area contributed by atoms with Gasteiger partial charge in [0.15, 0.2) is 0 Å². The summed E-state index contributed by atoms with van der Waals surface area (Å²) in [6.07, 6.45) is 2.09. The molecule has 0 radical (unpaired) electrons. The lowest BCUT2D eigenvalue weighted by Crippen LogP contribution is -2.16. The Labute approximate surface area is 104 Å². The van der Waals surface area contributed by atoms with Crippen LogP contribution in [0.4, 0.5) is 0 Å². The molecule has 0 aliphatic rings. The largest absolute Gasteiger partial charge is 0.506 e. The van der Waals surface area contributed by atoms with Gasteiger partial charge in [0.2, 0.25) is 0 Å². The van der Waals surface area contributed by atoms with E-state index in [2.05, 4.69) is 27.5 Å². The topological polar surface area (TPSA) is 32.3 Å². The van der Waals surface area contributed by atoms with Crippen LogP contribution >= 0.6 is 27.7 Å². The van der Waals surface area contributed by atoms with Crippen molar-refractivity contribution in [3.8, 4) is 5.75 Å². The Balaban J connectivity index is 2.60. The molecule has 2 N–H and O–H groups in total. The van der Waals surface area contributed by atoms with E-state index in [4.69, 9.17) is 0 Å². The number of nitrogens with one attached hydrogen (secondary N) is 1. The Bertz CT molecular complexity index is 331. The van der Waals surface area contributed by atoms with E-state index in [1.165, 1.54) is 0 Å². The number of aryl methyl sites for hydroxylation is 1. The van der Waals surface area contributed by atoms with E-state index < -0.39 is 0 Å². The van der Waals surface area contributed by atoms with Crippen LogP contribution in [-0.2, 0) is 6.54 Å². The highest BCUT2D eigenvalue weighted by molar-refractivity contribution is 9.10. The van der Waals surface area contributed by atoms with E-state index in [9.17, 15) is 5.11 Å². The van der Waals surface area contributed by atoms with Crippen molar-refractivity contribution < 1.29 is 5.11 Å². The van der Waals surface area contributed by atoms with E-state index in [0.717, 1.165) is 27.9 Å². The molecule has 0 fully saturated rings. The lowest BCUT2D eigenvalue weighted by atomic mass is 10.1. The summed E-state index contributed by atoms with van der Waals surface area (Å²) in [5.41, 5.74) is 2.10. The molecule has 0 saturated carbocycles. The minimum Gasteiger partial charge on any atom is -0.506 e. The van der Waals surface area contributed by atoms with Gasteiger partial charge in [0, 0.05) is 24.4 Å². The molecular formula is C11H16BrNOS. The zero-order valence-electron chi connectivity index (χ0n) is 9.01. The van der Waals surface area contributed by atoms with Gasteiger partial charge in [0.25, 0.3) is 0 Å². The molecule has 0 atom stereocenters. The van der Waals surface area contributed by atoms with Crippen molar-refractivity contribution in [1.82, 2.24) is 5.32 Å². The van der Waals surface area contributed by atoms with Gasteiger partial charge in [-0.1, -0.05) is 6.07 Å². The second-order valence-electron chi connectivity index (χ2n) is 3.42. The second kappa shape index (κ2) is 6.40. The third-order valence-corrected chi connectivity index (χ3v) is 3.30. The lowest BCUT2D eigenvalue weighted by Gasteiger charge is -2.09. The lowest BCUT2D eigenvalue weighted by molar-refractivity contribution is 0.461. The molecule has 0 aromatic heterocycles. The Morgan fingerprint density at radius 2 is 2.20 bits per heavy atom. The molecule has 0 bridgehead atoms. The van der Waals surface area contributed by atoms with Crippen LogP contribution in [0.1, 0.15) is 11.1 Å². The fourth-order valence-corrected chi connectivity index (χ4v) is 2.30. The first-order valence-electron chi connectivity index (χ1n) is 4.82. The number of aromatic hydroxyl groups is 1. The Kier molecular flexibility index (Phi) is 5.50. The molecule has 0 amide bonds. The van der Waals surface area contributed by atoms with E-state index in [-0.39, 0.29) is 0 Å². The van der Waals surface area contributed by atoms with Gasteiger partial charge in [-0.05, 0) is 40.7 Å². The number of benzene rings is 1. The van der Waals surface area contributed by atoms with E-state index in [1.807, 2.05) is 30.8 Å². The molecule has 1 aromatic rings. The average Bonchev–Trinajstić information content (AvgIpc) is 2.19. The number of phenolic OH excluding ortho intramolecular Hbond substituents is 1. The van der Waals surface area contributed by atoms with Crippen molar-refractivity contribution in [1.29, 1.82) is 0 Å². The number of hydrogen-bond acceptors (Lipinski definition) is 3. The zero-order chi connectivity index (χ0) is 11.3. The minimum atomic E-state index is 0.345. The fourth-order valence-electron chi connectivity index (χ4n) is 1.34. The molecule has 0 heterocycles. The maximum Gasteiger partial charge on any atom is 0.134 e. The number of rotatable bonds is 5. The van der Waals surface area contributed by atoms with Crippen LogP contribution in [-0.4, -0.2) is 23.7 Å². The second-order valence-corrected chi connectivity index (χ2v) is 5.26. The van der Waals surface area contributed by atoms with Crippen LogP contribution in [0.3, 0.4) is 0 Å². The van der Waals surface area contributed by atoms with Crippen molar-refractivity contribution >= 4 is 27.7 Å². The molecule has 84 valence electrons. The molecule has 0 aliphatic heterocycles. The van der Waals surface area contributed by atoms with Crippen molar-refractivity contribution in [2.24, 2.45) is 0 Å². The average molecular weight is 290 g/mol. The first kappa shape index (κ1) is 12.9. The van der Waals surface area contributed by atoms with E-state index in [0.29, 0.717) is 12.3 Å². The van der Waals surface area contributed by atoms with Gasteiger partial charge in [0.1, 0.15) is 5.75 Å². The summed E-state index contributed by atoms with van der Waals surface area (Å²) in [6, 6.07) is 3.92. The van der Waals surface area contributed by atoms with Gasteiger partial charge in [-0.3, -0.25) is 0 Å². The highest BCUT2D eigenvalue weighted by atomic mass is 79.9. The quantitative estimate of drug-likeness (QED) is 0.818. The highest BCUT2D eigenvalue weighted by Crippen LogP contribution is 2.29. The number of hydrogen-bond donors (Lipinski definition) is 2. The van der Waals surface area contributed by atoms with E-state index in [1.54, 1.807) is 0 Å². The van der Waals surface area contributed by atoms with E-state index >= 15 is 0 Å². The van der Waals surface area contributed by atoms with Crippen molar-refractivity contribution in [3.05, 3.63) is 27.7 Å². The Hall–Kier alpha value is -0.190. The third-order valence-electron chi connectivity index (χ3n) is 2.09. The molecule has 0 saturated heterocycles. The first-order valence-corrected chi connectivity index (χ1v) is 7.01. The van der Waals surface area contributed by atoms with Crippen LogP contribution in [0.25, 0.3) is 0 Å². The molecule has 0 spiro atoms. The summed E-state index contributed by atoms with van der Waals surface area (Å²) < 4.78 is 0.768. The molecule has 15 heavy (non-hydrogen) atoms. The van der Waals surface area contributed by atoms with Crippen LogP contribution < -0.4 is 5.32 Å². The molecule has 2 nitrogen and oxygen atoms in total. The summed E-state index contributed by atoms with van der Waals surface area (Å²) in [5, 5.41) is 13.1. The number of halogens is 1. The van der Waals surface area contributed by atoms with Crippen molar-refractivity contribution in [2.75, 3.05) is 18.6 Å². The summed E-state index contributed by atoms with van der Waals surface area (Å²) in [4.78, 5) is 0. The summed E-state index contributed by atoms with van der Waals surface area (Å²) >= 11 is 5.15. The third kappa shape index (κ3) is 4.05. The number of thioether (sulfide) groups is 1. The maximum absolute atomic E-state index is 9.79. The van der Waals surface area contributed by atoms with Crippen molar-refractivity contribution in [3.63, 3.8) is 0 Å². The normalized spacial score (nSPS) is 10.6. The predicted octanol–water partition coefficient (Wildman–Crippen LogP) is 2.92. The van der Waals surface area contributed by atoms with Crippen LogP contribution in [0.5, 0.6) is 5.75 Å². The Morgan fingerprint density at radius 3 is 2.87 bits per heavy atom. The van der Waals surface area contributed by atoms with Gasteiger partial charge in [-0.15, -0.1) is 0 Å². The first-order chi connectivity index (χ1) is 7.15. The van der Waals surface area contributed by atoms with Gasteiger partial charge in [-0.25, -0.2) is 0 Å². The van der Waals surface area contributed by atoms with Gasteiger partial charge >= 0.3 is 0 Å². The zero-order valence-corrected chi connectivity index (χ0v) is 11.4. The molecule has 1 aromatic carbocycles. The van der Waals surface area contributed by atoms with Gasteiger partial charge < -0.3 is 10.4 Å². The Morgan fingerprint density at radius 1 is 1.47 bits per heavy atom. The molecule has 1 rings (SSSR count). The summed E-state index contributed by atoms with van der Waals surface area (Å²) in [6.45, 7) is 3.70. The number of phenols is 1. The summed E-state index contributed by atoms with van der Waals surface area (Å²) in [7, 11) is 0. The molecule has 0 unspecified atom stereocenters. The monoisotopic (exact) mass is 289 g/mol. The summed E-state index contributed by atoms with van der Waals surface area (Å²) in [5.74, 6) is 1.44. The minimum absolute atomic E-state index is 0.345. The fraction of sp³-hybridized carbons (Fsp3) is 0.455. The maximum atomic E-state index is 9.79. The van der Waals surface area contributed by atoms with Crippen LogP contribution in [0.2, 0.25) is 0 Å². The van der Waals surface area contributed by atoms with Gasteiger partial charge in [0.05, 0.1) is 4.47 Å². The standard InChI is InChI=1S/C11H16BrNOS/c1-8-5-9(7-13-3-4-15-2)11(14)10(12)6-8/h5-6,13-14H,3-4,7H2,1-2H3. The van der Waals surface area contributed by atoms with Crippen molar-refractivity contribution in [2.45, 2.75) is 13.5 Å². The van der Waals surface area contributed by atoms with Crippen LogP contribution in [0, 0.1) is 6.92 Å². The smallest absolute Gasteiger partial charge is 0.134 e.